The summed E-state index contributed by atoms with van der Waals surface area (Å²) < 4.78 is 12.5. The van der Waals surface area contributed by atoms with Crippen molar-refractivity contribution in [1.29, 1.82) is 0 Å². The lowest BCUT2D eigenvalue weighted by Gasteiger charge is -2.10. The van der Waals surface area contributed by atoms with Crippen molar-refractivity contribution >= 4 is 5.91 Å². The van der Waals surface area contributed by atoms with E-state index in [-0.39, 0.29) is 12.2 Å². The van der Waals surface area contributed by atoms with Gasteiger partial charge in [-0.25, -0.2) is 4.68 Å². The van der Waals surface area contributed by atoms with Crippen molar-refractivity contribution in [1.82, 2.24) is 25.5 Å². The van der Waals surface area contributed by atoms with Crippen molar-refractivity contribution < 1.29 is 14.3 Å². The van der Waals surface area contributed by atoms with Crippen LogP contribution < -0.4 is 5.32 Å². The first-order chi connectivity index (χ1) is 13.3. The lowest BCUT2D eigenvalue weighted by Crippen LogP contribution is -2.24. The van der Waals surface area contributed by atoms with Gasteiger partial charge in [0, 0.05) is 12.1 Å². The van der Waals surface area contributed by atoms with Gasteiger partial charge in [-0.1, -0.05) is 36.4 Å². The monoisotopic (exact) mass is 365 g/mol. The number of ether oxygens (including phenoxy) is 2. The first-order valence-electron chi connectivity index (χ1n) is 8.69. The zero-order valence-corrected chi connectivity index (χ0v) is 14.6. The smallest absolute Gasteiger partial charge is 0.224 e. The number of hydrogen-bond donors (Lipinski definition) is 1. The summed E-state index contributed by atoms with van der Waals surface area (Å²) in [6.07, 6.45) is 1.57. The first kappa shape index (κ1) is 17.3. The number of benzene rings is 2. The Hall–Kier alpha value is -3.10. The lowest BCUT2D eigenvalue weighted by atomic mass is 10.1. The van der Waals surface area contributed by atoms with Gasteiger partial charge in [0.25, 0.3) is 0 Å². The average molecular weight is 365 g/mol. The Bertz CT molecular complexity index is 873. The molecular formula is C19H19N5O3. The predicted molar refractivity (Wildman–Crippen MR) is 95.8 cm³/mol. The molecule has 1 aromatic heterocycles. The summed E-state index contributed by atoms with van der Waals surface area (Å²) in [5.41, 5.74) is 3.79. The second kappa shape index (κ2) is 8.07. The summed E-state index contributed by atoms with van der Waals surface area (Å²) in [5.74, 6) is -0.0308. The number of nitrogens with zero attached hydrogens (tertiary/aromatic N) is 4. The van der Waals surface area contributed by atoms with Crippen molar-refractivity contribution in [2.24, 2.45) is 0 Å². The molecule has 4 rings (SSSR count). The number of rotatable bonds is 6. The number of nitrogens with one attached hydrogen (secondary N) is 1. The highest BCUT2D eigenvalue weighted by Crippen LogP contribution is 2.23. The molecule has 2 aromatic carbocycles. The summed E-state index contributed by atoms with van der Waals surface area (Å²) in [4.78, 5) is 12.2. The number of aromatic nitrogens is 4. The molecule has 27 heavy (non-hydrogen) atoms. The van der Waals surface area contributed by atoms with Gasteiger partial charge < -0.3 is 14.8 Å². The van der Waals surface area contributed by atoms with E-state index in [1.54, 1.807) is 4.68 Å². The first-order valence-corrected chi connectivity index (χ1v) is 8.69. The molecule has 0 saturated carbocycles. The Morgan fingerprint density at radius 2 is 1.74 bits per heavy atom. The van der Waals surface area contributed by atoms with Crippen LogP contribution in [0.15, 0.2) is 54.9 Å². The molecule has 1 aliphatic rings. The Morgan fingerprint density at radius 1 is 1.04 bits per heavy atom. The molecule has 1 fully saturated rings. The van der Waals surface area contributed by atoms with Crippen molar-refractivity contribution in [3.05, 3.63) is 71.5 Å². The largest absolute Gasteiger partial charge is 0.352 e. The molecule has 1 N–H and O–H groups in total. The van der Waals surface area contributed by atoms with Crippen LogP contribution in [0.4, 0.5) is 0 Å². The highest BCUT2D eigenvalue weighted by molar-refractivity contribution is 5.78. The maximum atomic E-state index is 12.2. The van der Waals surface area contributed by atoms with Crippen LogP contribution in [0.5, 0.6) is 0 Å². The number of hydrogen-bond acceptors (Lipinski definition) is 6. The van der Waals surface area contributed by atoms with Crippen LogP contribution in [0.25, 0.3) is 5.69 Å². The number of amides is 1. The van der Waals surface area contributed by atoms with Gasteiger partial charge in [0.2, 0.25) is 5.91 Å². The van der Waals surface area contributed by atoms with Gasteiger partial charge in [0.15, 0.2) is 6.29 Å². The number of tetrazole rings is 1. The van der Waals surface area contributed by atoms with E-state index < -0.39 is 0 Å². The predicted octanol–water partition coefficient (Wildman–Crippen LogP) is 1.57. The minimum Gasteiger partial charge on any atom is -0.352 e. The van der Waals surface area contributed by atoms with Gasteiger partial charge in [0.05, 0.1) is 25.3 Å². The Balaban J connectivity index is 1.28. The van der Waals surface area contributed by atoms with Crippen molar-refractivity contribution in [3.63, 3.8) is 0 Å². The number of carbonyl (C=O) groups excluding carboxylic acids is 1. The summed E-state index contributed by atoms with van der Waals surface area (Å²) in [6.45, 7) is 1.73. The van der Waals surface area contributed by atoms with Crippen LogP contribution in [-0.2, 0) is 27.2 Å². The van der Waals surface area contributed by atoms with E-state index in [1.807, 2.05) is 48.5 Å². The fraction of sp³-hybridized carbons (Fsp3) is 0.263. The van der Waals surface area contributed by atoms with Crippen LogP contribution in [0.2, 0.25) is 0 Å². The van der Waals surface area contributed by atoms with Crippen LogP contribution >= 0.6 is 0 Å². The van der Waals surface area contributed by atoms with Gasteiger partial charge in [-0.2, -0.15) is 0 Å². The van der Waals surface area contributed by atoms with E-state index in [4.69, 9.17) is 9.47 Å². The normalized spacial score (nSPS) is 14.4. The number of carbonyl (C=O) groups is 1. The fourth-order valence-corrected chi connectivity index (χ4v) is 2.84. The highest BCUT2D eigenvalue weighted by Gasteiger charge is 2.17. The zero-order chi connectivity index (χ0) is 18.5. The molecule has 8 nitrogen and oxygen atoms in total. The third kappa shape index (κ3) is 4.36. The summed E-state index contributed by atoms with van der Waals surface area (Å²) in [7, 11) is 0. The van der Waals surface area contributed by atoms with Gasteiger partial charge in [-0.15, -0.1) is 5.10 Å². The Kier molecular flexibility index (Phi) is 5.17. The second-order valence-electron chi connectivity index (χ2n) is 6.19. The Labute approximate surface area is 156 Å². The molecule has 1 saturated heterocycles. The molecule has 0 unspecified atom stereocenters. The van der Waals surface area contributed by atoms with E-state index in [1.165, 1.54) is 6.33 Å². The summed E-state index contributed by atoms with van der Waals surface area (Å²) in [6, 6.07) is 15.4. The standard InChI is InChI=1S/C19H19N5O3/c25-18(11-14-3-7-17(8-4-14)24-13-21-22-23-24)20-12-15-1-5-16(6-2-15)19-26-9-10-27-19/h1-8,13,19H,9-12H2,(H,20,25). The van der Waals surface area contributed by atoms with Crippen LogP contribution in [0, 0.1) is 0 Å². The molecule has 0 atom stereocenters. The van der Waals surface area contributed by atoms with Crippen molar-refractivity contribution in [2.75, 3.05) is 13.2 Å². The van der Waals surface area contributed by atoms with Gasteiger partial charge >= 0.3 is 0 Å². The molecule has 0 radical (unpaired) electrons. The molecule has 2 heterocycles. The molecular weight excluding hydrogens is 346 g/mol. The highest BCUT2D eigenvalue weighted by atomic mass is 16.7. The lowest BCUT2D eigenvalue weighted by molar-refractivity contribution is -0.120. The van der Waals surface area contributed by atoms with Crippen molar-refractivity contribution in [2.45, 2.75) is 19.3 Å². The molecule has 0 bridgehead atoms. The summed E-state index contributed by atoms with van der Waals surface area (Å²) >= 11 is 0. The second-order valence-corrected chi connectivity index (χ2v) is 6.19. The molecule has 1 amide bonds. The molecule has 138 valence electrons. The van der Waals surface area contributed by atoms with E-state index >= 15 is 0 Å². The average Bonchev–Trinajstić information content (AvgIpc) is 3.41. The fourth-order valence-electron chi connectivity index (χ4n) is 2.84. The maximum Gasteiger partial charge on any atom is 0.224 e. The van der Waals surface area contributed by atoms with E-state index in [0.717, 1.165) is 22.4 Å². The third-order valence-corrected chi connectivity index (χ3v) is 4.28. The molecule has 0 aliphatic carbocycles. The minimum atomic E-state index is -0.273. The molecule has 8 heteroatoms. The Morgan fingerprint density at radius 3 is 2.41 bits per heavy atom. The molecule has 0 spiro atoms. The van der Waals surface area contributed by atoms with Crippen molar-refractivity contribution in [3.8, 4) is 5.69 Å². The zero-order valence-electron chi connectivity index (χ0n) is 14.6. The van der Waals surface area contributed by atoms with Crippen LogP contribution in [-0.4, -0.2) is 39.3 Å². The van der Waals surface area contributed by atoms with E-state index in [9.17, 15) is 4.79 Å². The van der Waals surface area contributed by atoms with Gasteiger partial charge in [-0.05, 0) is 33.7 Å². The van der Waals surface area contributed by atoms with E-state index in [0.29, 0.717) is 26.2 Å². The molecule has 3 aromatic rings. The summed E-state index contributed by atoms with van der Waals surface area (Å²) in [5, 5.41) is 14.0. The van der Waals surface area contributed by atoms with Gasteiger partial charge in [0.1, 0.15) is 6.33 Å². The minimum absolute atomic E-state index is 0.0308. The molecule has 1 aliphatic heterocycles. The quantitative estimate of drug-likeness (QED) is 0.713. The van der Waals surface area contributed by atoms with Crippen LogP contribution in [0.3, 0.4) is 0 Å². The van der Waals surface area contributed by atoms with Crippen LogP contribution in [0.1, 0.15) is 23.0 Å². The van der Waals surface area contributed by atoms with Gasteiger partial charge in [-0.3, -0.25) is 4.79 Å². The SMILES string of the molecule is O=C(Cc1ccc(-n2cnnn2)cc1)NCc1ccc(C2OCCO2)cc1. The third-order valence-electron chi connectivity index (χ3n) is 4.28. The topological polar surface area (TPSA) is 91.2 Å². The maximum absolute atomic E-state index is 12.2. The van der Waals surface area contributed by atoms with E-state index in [2.05, 4.69) is 20.8 Å².